The number of anilines is 1. The summed E-state index contributed by atoms with van der Waals surface area (Å²) >= 11 is 0. The molecule has 2 unspecified atom stereocenters. The van der Waals surface area contributed by atoms with Gasteiger partial charge in [0.15, 0.2) is 17.3 Å². The molecule has 218 valence electrons. The average molecular weight is 565 g/mol. The van der Waals surface area contributed by atoms with Crippen molar-refractivity contribution in [3.8, 4) is 22.9 Å². The summed E-state index contributed by atoms with van der Waals surface area (Å²) in [6, 6.07) is 20.9. The van der Waals surface area contributed by atoms with E-state index in [2.05, 4.69) is 72.0 Å². The van der Waals surface area contributed by atoms with Crippen LogP contribution in [-0.4, -0.2) is 48.9 Å². The van der Waals surface area contributed by atoms with Gasteiger partial charge in [-0.25, -0.2) is 9.97 Å². The molecule has 3 aromatic carbocycles. The molecule has 7 heteroatoms. The fraction of sp³-hybridized carbons (Fsp3) is 0.371. The zero-order chi connectivity index (χ0) is 28.9. The summed E-state index contributed by atoms with van der Waals surface area (Å²) in [6.07, 6.45) is 7.35. The van der Waals surface area contributed by atoms with Crippen LogP contribution in [0.15, 0.2) is 66.9 Å². The van der Waals surface area contributed by atoms with Crippen LogP contribution in [0.3, 0.4) is 0 Å². The van der Waals surface area contributed by atoms with Crippen molar-refractivity contribution >= 4 is 27.6 Å². The maximum atomic E-state index is 5.75. The normalized spacial score (nSPS) is 17.6. The van der Waals surface area contributed by atoms with Gasteiger partial charge in [0.2, 0.25) is 0 Å². The number of aromatic nitrogens is 3. The lowest BCUT2D eigenvalue weighted by Gasteiger charge is -2.27. The molecule has 2 N–H and O–H groups in total. The molecule has 0 spiro atoms. The first-order valence-corrected chi connectivity index (χ1v) is 15.0. The Morgan fingerprint density at radius 1 is 0.905 bits per heavy atom. The Morgan fingerprint density at radius 3 is 2.60 bits per heavy atom. The third kappa shape index (κ3) is 5.93. The average Bonchev–Trinajstić information content (AvgIpc) is 3.43. The lowest BCUT2D eigenvalue weighted by molar-refractivity contribution is 0.0843. The monoisotopic (exact) mass is 564 g/mol. The first-order chi connectivity index (χ1) is 20.6. The smallest absolute Gasteiger partial charge is 0.162 e. The molecule has 42 heavy (non-hydrogen) atoms. The Hall–Kier alpha value is -4.10. The standard InChI is InChI=1S/C35H40N4O3/c1-23-15-18-42-17-8-10-24(23)19-25-9-4-5-12-28(25)35-38-31-21-33(41-3)32(40-2)20-29(31)34(39-35)36-16-14-26-22-37-30-13-7-6-11-27(26)30/h4-7,9,11-13,20-24,37H,8,10,14-19H2,1-3H3,(H,36,38,39). The van der Waals surface area contributed by atoms with Crippen molar-refractivity contribution in [2.24, 2.45) is 11.8 Å². The van der Waals surface area contributed by atoms with Gasteiger partial charge < -0.3 is 24.5 Å². The van der Waals surface area contributed by atoms with Crippen LogP contribution in [0.5, 0.6) is 11.5 Å². The summed E-state index contributed by atoms with van der Waals surface area (Å²) < 4.78 is 17.0. The third-order valence-corrected chi connectivity index (χ3v) is 8.69. The van der Waals surface area contributed by atoms with Gasteiger partial charge in [0.05, 0.1) is 19.7 Å². The van der Waals surface area contributed by atoms with E-state index >= 15 is 0 Å². The van der Waals surface area contributed by atoms with Crippen molar-refractivity contribution in [2.75, 3.05) is 39.3 Å². The molecule has 2 aromatic heterocycles. The second-order valence-electron chi connectivity index (χ2n) is 11.3. The van der Waals surface area contributed by atoms with Crippen LogP contribution in [-0.2, 0) is 17.6 Å². The first-order valence-electron chi connectivity index (χ1n) is 15.0. The molecular weight excluding hydrogens is 524 g/mol. The lowest BCUT2D eigenvalue weighted by atomic mass is 9.81. The van der Waals surface area contributed by atoms with E-state index in [-0.39, 0.29) is 0 Å². The number of hydrogen-bond acceptors (Lipinski definition) is 6. The molecule has 5 aromatic rings. The van der Waals surface area contributed by atoms with Crippen LogP contribution in [0, 0.1) is 11.8 Å². The number of ether oxygens (including phenoxy) is 3. The van der Waals surface area contributed by atoms with E-state index < -0.39 is 0 Å². The minimum Gasteiger partial charge on any atom is -0.493 e. The number of aromatic amines is 1. The zero-order valence-corrected chi connectivity index (χ0v) is 24.8. The summed E-state index contributed by atoms with van der Waals surface area (Å²) in [4.78, 5) is 13.6. The van der Waals surface area contributed by atoms with E-state index in [0.717, 1.165) is 79.1 Å². The van der Waals surface area contributed by atoms with E-state index in [1.165, 1.54) is 22.9 Å². The highest BCUT2D eigenvalue weighted by atomic mass is 16.5. The Labute approximate surface area is 247 Å². The Kier molecular flexibility index (Phi) is 8.56. The fourth-order valence-electron chi connectivity index (χ4n) is 6.21. The largest absolute Gasteiger partial charge is 0.493 e. The summed E-state index contributed by atoms with van der Waals surface area (Å²) in [6.45, 7) is 4.80. The van der Waals surface area contributed by atoms with Gasteiger partial charge >= 0.3 is 0 Å². The van der Waals surface area contributed by atoms with Crippen molar-refractivity contribution in [3.63, 3.8) is 0 Å². The van der Waals surface area contributed by atoms with Gasteiger partial charge in [-0.05, 0) is 67.2 Å². The Bertz CT molecular complexity index is 1660. The number of H-pyrrole nitrogens is 1. The van der Waals surface area contributed by atoms with E-state index in [0.29, 0.717) is 23.3 Å². The van der Waals surface area contributed by atoms with Gasteiger partial charge in [0.1, 0.15) is 5.82 Å². The summed E-state index contributed by atoms with van der Waals surface area (Å²) in [5, 5.41) is 5.79. The summed E-state index contributed by atoms with van der Waals surface area (Å²) in [5.41, 5.74) is 5.63. The third-order valence-electron chi connectivity index (χ3n) is 8.69. The number of hydrogen-bond donors (Lipinski definition) is 2. The SMILES string of the molecule is COc1cc2nc(-c3ccccc3CC3CCCOCCC3C)nc(NCCc3c[nH]c4ccccc34)c2cc1OC. The molecular formula is C35H40N4O3. The van der Waals surface area contributed by atoms with E-state index in [9.17, 15) is 0 Å². The maximum absolute atomic E-state index is 5.75. The predicted molar refractivity (Wildman–Crippen MR) is 170 cm³/mol. The van der Waals surface area contributed by atoms with Crippen molar-refractivity contribution in [2.45, 2.75) is 39.0 Å². The van der Waals surface area contributed by atoms with Gasteiger partial charge in [-0.3, -0.25) is 0 Å². The number of methoxy groups -OCH3 is 2. The van der Waals surface area contributed by atoms with Gasteiger partial charge in [-0.15, -0.1) is 0 Å². The molecule has 1 aliphatic rings. The molecule has 1 saturated heterocycles. The van der Waals surface area contributed by atoms with Gasteiger partial charge in [-0.2, -0.15) is 0 Å². The number of rotatable bonds is 9. The highest BCUT2D eigenvalue weighted by Gasteiger charge is 2.22. The number of fused-ring (bicyclic) bond motifs is 2. The van der Waals surface area contributed by atoms with Crippen molar-refractivity contribution in [3.05, 3.63) is 78.0 Å². The van der Waals surface area contributed by atoms with Crippen LogP contribution in [0.2, 0.25) is 0 Å². The second kappa shape index (κ2) is 12.8. The predicted octanol–water partition coefficient (Wildman–Crippen LogP) is 7.45. The molecule has 0 radical (unpaired) electrons. The second-order valence-corrected chi connectivity index (χ2v) is 11.3. The van der Waals surface area contributed by atoms with Gasteiger partial charge in [0, 0.05) is 53.9 Å². The highest BCUT2D eigenvalue weighted by Crippen LogP contribution is 2.37. The molecule has 0 saturated carbocycles. The number of para-hydroxylation sites is 1. The van der Waals surface area contributed by atoms with Gasteiger partial charge in [0.25, 0.3) is 0 Å². The minimum absolute atomic E-state index is 0.605. The number of nitrogens with zero attached hydrogens (tertiary/aromatic N) is 2. The molecule has 3 heterocycles. The molecule has 1 aliphatic heterocycles. The summed E-state index contributed by atoms with van der Waals surface area (Å²) in [7, 11) is 3.31. The molecule has 0 bridgehead atoms. The van der Waals surface area contributed by atoms with Crippen molar-refractivity contribution in [1.29, 1.82) is 0 Å². The fourth-order valence-corrected chi connectivity index (χ4v) is 6.21. The molecule has 7 nitrogen and oxygen atoms in total. The van der Waals surface area contributed by atoms with E-state index in [4.69, 9.17) is 24.2 Å². The first kappa shape index (κ1) is 28.0. The van der Waals surface area contributed by atoms with Crippen LogP contribution >= 0.6 is 0 Å². The van der Waals surface area contributed by atoms with E-state index in [1.54, 1.807) is 14.2 Å². The molecule has 0 aliphatic carbocycles. The minimum atomic E-state index is 0.605. The van der Waals surface area contributed by atoms with Crippen molar-refractivity contribution < 1.29 is 14.2 Å². The quantitative estimate of drug-likeness (QED) is 0.194. The molecule has 6 rings (SSSR count). The Morgan fingerprint density at radius 2 is 1.71 bits per heavy atom. The molecule has 1 fully saturated rings. The Balaban J connectivity index is 1.35. The zero-order valence-electron chi connectivity index (χ0n) is 24.8. The van der Waals surface area contributed by atoms with Crippen LogP contribution in [0.1, 0.15) is 37.3 Å². The van der Waals surface area contributed by atoms with Crippen LogP contribution in [0.4, 0.5) is 5.82 Å². The van der Waals surface area contributed by atoms with E-state index in [1.807, 2.05) is 12.1 Å². The number of benzene rings is 3. The molecule has 0 amide bonds. The molecule has 2 atom stereocenters. The van der Waals surface area contributed by atoms with Crippen molar-refractivity contribution in [1.82, 2.24) is 15.0 Å². The topological polar surface area (TPSA) is 81.3 Å². The van der Waals surface area contributed by atoms with Crippen LogP contribution < -0.4 is 14.8 Å². The summed E-state index contributed by atoms with van der Waals surface area (Å²) in [5.74, 6) is 4.04. The highest BCUT2D eigenvalue weighted by molar-refractivity contribution is 5.93. The van der Waals surface area contributed by atoms with Crippen LogP contribution in [0.25, 0.3) is 33.2 Å². The number of nitrogens with one attached hydrogen (secondary N) is 2. The maximum Gasteiger partial charge on any atom is 0.162 e. The lowest BCUT2D eigenvalue weighted by Crippen LogP contribution is -2.20. The van der Waals surface area contributed by atoms with Gasteiger partial charge in [-0.1, -0.05) is 49.4 Å².